The summed E-state index contributed by atoms with van der Waals surface area (Å²) in [5, 5.41) is 28.4. The number of hydrogen-bond acceptors (Lipinski definition) is 7. The number of allylic oxidation sites excluding steroid dienone is 3. The number of aromatic nitrogens is 5. The van der Waals surface area contributed by atoms with E-state index in [0.29, 0.717) is 28.7 Å². The van der Waals surface area contributed by atoms with Crippen molar-refractivity contribution in [1.29, 1.82) is 0 Å². The Morgan fingerprint density at radius 1 is 0.776 bits per heavy atom. The number of amides is 4. The SMILES string of the molecule is C=C/C=C(\C=C)NC(=O)Nc1ccc(-c2cccn3nnc(N)c23)cc1.Cc1ccc(F)c(NC(=O)Nc2ccc(-c3cccc4[nH]nc(N)c34)c3ccccc23)c1. The summed E-state index contributed by atoms with van der Waals surface area (Å²) in [6, 6.07) is 32.3. The number of carbonyl (C=O) groups is 2. The lowest BCUT2D eigenvalue weighted by Gasteiger charge is -2.14. The molecule has 0 aliphatic rings. The molecule has 5 aromatic carbocycles. The molecule has 288 valence electrons. The highest BCUT2D eigenvalue weighted by Crippen LogP contribution is 2.38. The van der Waals surface area contributed by atoms with Crippen molar-refractivity contribution < 1.29 is 14.0 Å². The zero-order valence-corrected chi connectivity index (χ0v) is 31.3. The van der Waals surface area contributed by atoms with Crippen molar-refractivity contribution in [1.82, 2.24) is 30.3 Å². The minimum absolute atomic E-state index is 0.130. The number of rotatable bonds is 8. The maximum absolute atomic E-state index is 14.0. The number of anilines is 5. The van der Waals surface area contributed by atoms with Crippen molar-refractivity contribution in [2.75, 3.05) is 27.4 Å². The van der Waals surface area contributed by atoms with Crippen LogP contribution in [0.15, 0.2) is 152 Å². The molecule has 13 nitrogen and oxygen atoms in total. The summed E-state index contributed by atoms with van der Waals surface area (Å²) in [4.78, 5) is 24.6. The van der Waals surface area contributed by atoms with Crippen LogP contribution >= 0.6 is 0 Å². The van der Waals surface area contributed by atoms with E-state index in [1.165, 1.54) is 12.1 Å². The number of hydrogen-bond donors (Lipinski definition) is 7. The molecule has 0 fully saturated rings. The quantitative estimate of drug-likeness (QED) is 0.0748. The van der Waals surface area contributed by atoms with Gasteiger partial charge in [-0.15, -0.1) is 5.10 Å². The van der Waals surface area contributed by atoms with Crippen LogP contribution in [0.2, 0.25) is 0 Å². The molecule has 0 aliphatic carbocycles. The zero-order valence-electron chi connectivity index (χ0n) is 31.3. The van der Waals surface area contributed by atoms with Crippen molar-refractivity contribution in [2.45, 2.75) is 6.92 Å². The maximum Gasteiger partial charge on any atom is 0.323 e. The molecule has 0 unspecified atom stereocenters. The number of benzene rings is 5. The number of nitrogens with two attached hydrogens (primary N) is 2. The number of nitrogens with zero attached hydrogens (tertiary/aromatic N) is 4. The molecule has 14 heteroatoms. The van der Waals surface area contributed by atoms with E-state index < -0.39 is 11.8 Å². The Labute approximate surface area is 332 Å². The van der Waals surface area contributed by atoms with Gasteiger partial charge in [0.1, 0.15) is 11.3 Å². The van der Waals surface area contributed by atoms with Gasteiger partial charge in [-0.3, -0.25) is 5.10 Å². The fraction of sp³-hybridized carbons (Fsp3) is 0.0227. The van der Waals surface area contributed by atoms with Crippen LogP contribution < -0.4 is 32.7 Å². The third-order valence-electron chi connectivity index (χ3n) is 9.14. The molecule has 0 saturated carbocycles. The number of aryl methyl sites for hydroxylation is 1. The minimum Gasteiger partial charge on any atom is -0.382 e. The highest BCUT2D eigenvalue weighted by atomic mass is 19.1. The molecule has 0 atom stereocenters. The molecule has 9 N–H and O–H groups in total. The first-order valence-electron chi connectivity index (χ1n) is 18.0. The van der Waals surface area contributed by atoms with E-state index >= 15 is 0 Å². The smallest absolute Gasteiger partial charge is 0.323 e. The topological polar surface area (TPSA) is 193 Å². The predicted molar refractivity (Wildman–Crippen MR) is 231 cm³/mol. The van der Waals surface area contributed by atoms with Gasteiger partial charge in [0, 0.05) is 28.5 Å². The molecule has 8 aromatic rings. The van der Waals surface area contributed by atoms with Crippen molar-refractivity contribution >= 4 is 68.0 Å². The molecule has 3 aromatic heterocycles. The van der Waals surface area contributed by atoms with Crippen molar-refractivity contribution in [3.63, 3.8) is 0 Å². The third-order valence-corrected chi connectivity index (χ3v) is 9.14. The summed E-state index contributed by atoms with van der Waals surface area (Å²) >= 11 is 0. The highest BCUT2D eigenvalue weighted by Gasteiger charge is 2.16. The summed E-state index contributed by atoms with van der Waals surface area (Å²) in [5.41, 5.74) is 20.2. The molecule has 0 radical (unpaired) electrons. The van der Waals surface area contributed by atoms with Gasteiger partial charge in [0.05, 0.1) is 22.3 Å². The van der Waals surface area contributed by atoms with Crippen LogP contribution in [0.5, 0.6) is 0 Å². The Balaban J connectivity index is 0.000000181. The van der Waals surface area contributed by atoms with Crippen LogP contribution in [0.1, 0.15) is 5.56 Å². The first-order valence-corrected chi connectivity index (χ1v) is 18.0. The molecule has 0 saturated heterocycles. The molecular weight excluding hydrogens is 734 g/mol. The van der Waals surface area contributed by atoms with Crippen molar-refractivity contribution in [3.8, 4) is 22.3 Å². The normalized spacial score (nSPS) is 11.1. The fourth-order valence-electron chi connectivity index (χ4n) is 6.49. The van der Waals surface area contributed by atoms with E-state index in [4.69, 9.17) is 11.5 Å². The molecule has 3 heterocycles. The van der Waals surface area contributed by atoms with Crippen molar-refractivity contribution in [2.24, 2.45) is 0 Å². The molecule has 0 aliphatic heterocycles. The molecule has 8 rings (SSSR count). The Kier molecular flexibility index (Phi) is 10.9. The van der Waals surface area contributed by atoms with E-state index in [1.807, 2.05) is 97.9 Å². The number of pyridine rings is 1. The molecular formula is C44H38FN11O2. The minimum atomic E-state index is -0.520. The van der Waals surface area contributed by atoms with Gasteiger partial charge in [-0.1, -0.05) is 91.2 Å². The summed E-state index contributed by atoms with van der Waals surface area (Å²) in [6.07, 6.45) is 6.55. The summed E-state index contributed by atoms with van der Waals surface area (Å²) in [5.74, 6) is 0.311. The van der Waals surface area contributed by atoms with E-state index in [-0.39, 0.29) is 11.7 Å². The van der Waals surface area contributed by atoms with Gasteiger partial charge in [-0.05, 0) is 89.2 Å². The standard InChI is InChI=1S/C25H20FN5O.C19H18N6O/c1-14-9-11-19(26)22(13-14)29-25(32)28-20-12-10-16(15-5-2-3-6-17(15)20)18-7-4-8-21-23(18)24(27)31-30-21;1-3-6-14(4-2)21-19(26)22-15-10-8-13(9-11-15)16-7-5-12-25-17(16)18(20)23-24-25/h2-13H,1H3,(H3,27,30,31)(H2,28,29,32);3-12H,1-2,20H2,(H2,21,22,26)/b;14-6+. The predicted octanol–water partition coefficient (Wildman–Crippen LogP) is 9.41. The van der Waals surface area contributed by atoms with E-state index in [9.17, 15) is 14.0 Å². The number of nitrogen functional groups attached to an aromatic ring is 2. The van der Waals surface area contributed by atoms with Gasteiger partial charge in [0.2, 0.25) is 0 Å². The maximum atomic E-state index is 14.0. The molecule has 4 amide bonds. The van der Waals surface area contributed by atoms with E-state index in [1.54, 1.807) is 35.0 Å². The number of carbonyl (C=O) groups excluding carboxylic acids is 2. The molecule has 0 bridgehead atoms. The number of urea groups is 2. The lowest BCUT2D eigenvalue weighted by atomic mass is 9.95. The Morgan fingerprint density at radius 2 is 1.53 bits per heavy atom. The number of fused-ring (bicyclic) bond motifs is 3. The number of H-pyrrole nitrogens is 1. The summed E-state index contributed by atoms with van der Waals surface area (Å²) < 4.78 is 15.7. The Morgan fingerprint density at radius 3 is 2.31 bits per heavy atom. The average molecular weight is 772 g/mol. The van der Waals surface area contributed by atoms with Crippen molar-refractivity contribution in [3.05, 3.63) is 164 Å². The van der Waals surface area contributed by atoms with Crippen LogP contribution in [0.4, 0.5) is 42.7 Å². The summed E-state index contributed by atoms with van der Waals surface area (Å²) in [6.45, 7) is 9.05. The lowest BCUT2D eigenvalue weighted by Crippen LogP contribution is -2.27. The van der Waals surface area contributed by atoms with Crippen LogP contribution in [0.3, 0.4) is 0 Å². The Bertz CT molecular complexity index is 2880. The first-order chi connectivity index (χ1) is 28.1. The monoisotopic (exact) mass is 771 g/mol. The largest absolute Gasteiger partial charge is 0.382 e. The average Bonchev–Trinajstić information content (AvgIpc) is 3.81. The van der Waals surface area contributed by atoms with Crippen LogP contribution in [-0.2, 0) is 0 Å². The van der Waals surface area contributed by atoms with Gasteiger partial charge in [-0.25, -0.2) is 18.5 Å². The summed E-state index contributed by atoms with van der Waals surface area (Å²) in [7, 11) is 0. The van der Waals surface area contributed by atoms with Gasteiger partial charge in [0.15, 0.2) is 11.6 Å². The van der Waals surface area contributed by atoms with Gasteiger partial charge < -0.3 is 32.7 Å². The Hall–Kier alpha value is -8.26. The number of nitrogens with one attached hydrogen (secondary N) is 5. The van der Waals surface area contributed by atoms with Gasteiger partial charge >= 0.3 is 12.1 Å². The number of halogens is 1. The number of aromatic amines is 1. The second-order valence-corrected chi connectivity index (χ2v) is 13.0. The van der Waals surface area contributed by atoms with Crippen LogP contribution in [-0.4, -0.2) is 37.1 Å². The zero-order chi connectivity index (χ0) is 40.8. The second-order valence-electron chi connectivity index (χ2n) is 13.0. The lowest BCUT2D eigenvalue weighted by molar-refractivity contribution is 0.254. The van der Waals surface area contributed by atoms with Crippen LogP contribution in [0, 0.1) is 12.7 Å². The van der Waals surface area contributed by atoms with Gasteiger partial charge in [0.25, 0.3) is 0 Å². The van der Waals surface area contributed by atoms with E-state index in [0.717, 1.165) is 55.0 Å². The second kappa shape index (κ2) is 16.6. The van der Waals surface area contributed by atoms with Gasteiger partial charge in [-0.2, -0.15) is 5.10 Å². The fourth-order valence-corrected chi connectivity index (χ4v) is 6.49. The molecule has 58 heavy (non-hydrogen) atoms. The highest BCUT2D eigenvalue weighted by molar-refractivity contribution is 6.13. The first kappa shape index (κ1) is 38.0. The third kappa shape index (κ3) is 8.06. The molecule has 0 spiro atoms. The van der Waals surface area contributed by atoms with E-state index in [2.05, 4.69) is 54.9 Å². The van der Waals surface area contributed by atoms with Crippen LogP contribution in [0.25, 0.3) is 49.4 Å².